The molecule has 4 aromatic heterocycles. The van der Waals surface area contributed by atoms with Gasteiger partial charge in [0, 0.05) is 11.9 Å². The number of H-pyrrole nitrogens is 1. The number of rotatable bonds is 9. The summed E-state index contributed by atoms with van der Waals surface area (Å²) in [7, 11) is 0. The molecule has 0 radical (unpaired) electrons. The number of hydrogen-bond acceptors (Lipinski definition) is 16. The highest BCUT2D eigenvalue weighted by Gasteiger charge is 2.63. The van der Waals surface area contributed by atoms with E-state index in [-0.39, 0.29) is 42.6 Å². The molecule has 236 valence electrons. The molecule has 7 heterocycles. The number of aliphatic hydroxyl groups is 2. The van der Waals surface area contributed by atoms with Crippen molar-refractivity contribution in [2.24, 2.45) is 0 Å². The number of nitrogens with one attached hydrogen (secondary N) is 1. The van der Waals surface area contributed by atoms with E-state index in [2.05, 4.69) is 29.9 Å². The van der Waals surface area contributed by atoms with E-state index < -0.39 is 65.8 Å². The van der Waals surface area contributed by atoms with Crippen LogP contribution in [0.5, 0.6) is 0 Å². The number of aliphatic hydroxyl groups excluding tert-OH is 2. The van der Waals surface area contributed by atoms with Crippen molar-refractivity contribution in [1.29, 1.82) is 0 Å². The Morgan fingerprint density at radius 2 is 2.00 bits per heavy atom. The average Bonchev–Trinajstić information content (AvgIpc) is 3.78. The third-order valence-corrected chi connectivity index (χ3v) is 11.0. The maximum absolute atomic E-state index is 15.8. The maximum Gasteiger partial charge on any atom is 0.325 e. The van der Waals surface area contributed by atoms with E-state index in [0.29, 0.717) is 11.2 Å². The van der Waals surface area contributed by atoms with Gasteiger partial charge in [0.1, 0.15) is 47.3 Å². The standard InChI is InChI=1S/C22H26FN10O8PS2/c23-9-8(1-2-34)44-20(33-7-29-11-17(33)30-21(25)31-18(11)36)12(9)41-42(37,43)39-4-22-3-38-13(14(22)35)19(40-22)32-6-28-10-15(24)26-5-27-16(10)32/h5-9,12-14,19-20,34-35H,1-4H2,(H,37,43)(H2,24,26,27)(H3,25,30,31,36)/t8-,9+,12-,13-,14+,19-,20-,22-,42?/m1/s1. The molecule has 3 saturated heterocycles. The summed E-state index contributed by atoms with van der Waals surface area (Å²) in [5.41, 5.74) is 10.3. The van der Waals surface area contributed by atoms with Gasteiger partial charge in [0.25, 0.3) is 5.56 Å². The second-order valence-corrected chi connectivity index (χ2v) is 14.6. The lowest BCUT2D eigenvalue weighted by atomic mass is 10.0. The van der Waals surface area contributed by atoms with Crippen LogP contribution in [-0.2, 0) is 30.3 Å². The van der Waals surface area contributed by atoms with Gasteiger partial charge in [-0.3, -0.25) is 23.4 Å². The van der Waals surface area contributed by atoms with Gasteiger partial charge in [-0.15, -0.1) is 11.8 Å². The number of fused-ring (bicyclic) bond motifs is 4. The van der Waals surface area contributed by atoms with Crippen LogP contribution in [0.2, 0.25) is 0 Å². The fourth-order valence-corrected chi connectivity index (χ4v) is 8.76. The van der Waals surface area contributed by atoms with E-state index in [1.54, 1.807) is 4.57 Å². The number of alkyl halides is 1. The van der Waals surface area contributed by atoms with Crippen molar-refractivity contribution in [3.05, 3.63) is 29.3 Å². The molecule has 0 spiro atoms. The lowest BCUT2D eigenvalue weighted by Crippen LogP contribution is -2.45. The largest absolute Gasteiger partial charge is 0.396 e. The Kier molecular flexibility index (Phi) is 7.39. The van der Waals surface area contributed by atoms with E-state index >= 15 is 4.39 Å². The summed E-state index contributed by atoms with van der Waals surface area (Å²) < 4.78 is 42.1. The van der Waals surface area contributed by atoms with Gasteiger partial charge in [-0.1, -0.05) is 0 Å². The normalized spacial score (nSPS) is 33.0. The number of halogens is 1. The minimum Gasteiger partial charge on any atom is -0.396 e. The maximum atomic E-state index is 15.8. The number of nitrogen functional groups attached to an aromatic ring is 2. The van der Waals surface area contributed by atoms with E-state index in [1.807, 2.05) is 0 Å². The average molecular weight is 673 g/mol. The van der Waals surface area contributed by atoms with Gasteiger partial charge < -0.3 is 40.6 Å². The predicted octanol–water partition coefficient (Wildman–Crippen LogP) is -0.896. The second kappa shape index (κ2) is 10.9. The molecule has 3 aliphatic heterocycles. The van der Waals surface area contributed by atoms with E-state index in [1.165, 1.54) is 23.5 Å². The molecule has 0 amide bonds. The highest BCUT2D eigenvalue weighted by atomic mass is 32.5. The monoisotopic (exact) mass is 672 g/mol. The first kappa shape index (κ1) is 29.8. The SMILES string of the molecule is Nc1nc2c(ncn2[C@@H]2S[C@H](CCO)[C@H](F)[C@H]2OP(O)(=S)OC[C@@]23CO[C@@H]([C@H](n4cnc5c(N)ncnc54)O2)[C@@H]3O)c(=O)[nH]1. The molecule has 18 nitrogen and oxygen atoms in total. The molecule has 0 aliphatic carbocycles. The van der Waals surface area contributed by atoms with Crippen molar-refractivity contribution in [1.82, 2.24) is 39.0 Å². The summed E-state index contributed by atoms with van der Waals surface area (Å²) >= 11 is 6.38. The number of thioether (sulfide) groups is 1. The van der Waals surface area contributed by atoms with Gasteiger partial charge in [-0.05, 0) is 18.2 Å². The quantitative estimate of drug-likeness (QED) is 0.118. The Balaban J connectivity index is 1.12. The van der Waals surface area contributed by atoms with Crippen LogP contribution in [0.25, 0.3) is 22.3 Å². The molecule has 4 aromatic rings. The summed E-state index contributed by atoms with van der Waals surface area (Å²) in [6.45, 7) is -5.07. The number of imidazole rings is 2. The van der Waals surface area contributed by atoms with Gasteiger partial charge in [-0.25, -0.2) is 24.3 Å². The van der Waals surface area contributed by atoms with Crippen molar-refractivity contribution >= 4 is 64.4 Å². The van der Waals surface area contributed by atoms with E-state index in [9.17, 15) is 19.9 Å². The molecular weight excluding hydrogens is 646 g/mol. The van der Waals surface area contributed by atoms with Gasteiger partial charge in [0.2, 0.25) is 5.95 Å². The Bertz CT molecular complexity index is 1850. The van der Waals surface area contributed by atoms with Crippen LogP contribution in [0.4, 0.5) is 16.2 Å². The molecule has 8 N–H and O–H groups in total. The highest BCUT2D eigenvalue weighted by molar-refractivity contribution is 8.07. The predicted molar refractivity (Wildman–Crippen MR) is 155 cm³/mol. The number of aromatic amines is 1. The first-order valence-corrected chi connectivity index (χ1v) is 16.7. The molecule has 2 bridgehead atoms. The number of anilines is 2. The first-order chi connectivity index (χ1) is 21.0. The van der Waals surface area contributed by atoms with Crippen molar-refractivity contribution in [2.45, 2.75) is 53.4 Å². The Morgan fingerprint density at radius 3 is 2.80 bits per heavy atom. The number of aromatic nitrogens is 8. The summed E-state index contributed by atoms with van der Waals surface area (Å²) in [6.07, 6.45) is -1.98. The Morgan fingerprint density at radius 1 is 1.23 bits per heavy atom. The lowest BCUT2D eigenvalue weighted by Gasteiger charge is -2.32. The zero-order chi connectivity index (χ0) is 31.0. The lowest BCUT2D eigenvalue weighted by molar-refractivity contribution is -0.183. The molecule has 9 atom stereocenters. The van der Waals surface area contributed by atoms with Crippen molar-refractivity contribution in [2.75, 3.05) is 31.3 Å². The van der Waals surface area contributed by atoms with Gasteiger partial charge in [0.15, 0.2) is 28.9 Å². The van der Waals surface area contributed by atoms with E-state index in [0.717, 1.165) is 11.8 Å². The van der Waals surface area contributed by atoms with Crippen LogP contribution in [0, 0.1) is 0 Å². The third kappa shape index (κ3) is 4.78. The molecule has 1 unspecified atom stereocenters. The molecule has 3 aliphatic rings. The number of ether oxygens (including phenoxy) is 2. The second-order valence-electron chi connectivity index (χ2n) is 10.5. The first-order valence-electron chi connectivity index (χ1n) is 13.2. The smallest absolute Gasteiger partial charge is 0.325 e. The van der Waals surface area contributed by atoms with Gasteiger partial charge in [-0.2, -0.15) is 4.98 Å². The van der Waals surface area contributed by atoms with Crippen molar-refractivity contribution in [3.8, 4) is 0 Å². The molecule has 22 heteroatoms. The minimum atomic E-state index is -4.22. The molecule has 7 rings (SSSR count). The fourth-order valence-electron chi connectivity index (χ4n) is 5.69. The van der Waals surface area contributed by atoms with Crippen molar-refractivity contribution < 1.29 is 38.0 Å². The number of hydrogen-bond donors (Lipinski definition) is 6. The van der Waals surface area contributed by atoms with Crippen LogP contribution in [0.1, 0.15) is 18.0 Å². The molecule has 44 heavy (non-hydrogen) atoms. The molecule has 3 fully saturated rings. The molecule has 0 saturated carbocycles. The Labute approximate surface area is 255 Å². The van der Waals surface area contributed by atoms with Crippen LogP contribution in [-0.4, -0.2) is 109 Å². The topological polar surface area (TPSA) is 257 Å². The summed E-state index contributed by atoms with van der Waals surface area (Å²) in [5, 5.41) is 18.9. The number of nitrogens with zero attached hydrogens (tertiary/aromatic N) is 7. The zero-order valence-electron chi connectivity index (χ0n) is 22.4. The zero-order valence-corrected chi connectivity index (χ0v) is 24.9. The van der Waals surface area contributed by atoms with Crippen LogP contribution in [0.15, 0.2) is 23.8 Å². The highest BCUT2D eigenvalue weighted by Crippen LogP contribution is 2.56. The van der Waals surface area contributed by atoms with Crippen molar-refractivity contribution in [3.63, 3.8) is 0 Å². The third-order valence-electron chi connectivity index (χ3n) is 7.80. The fraction of sp³-hybridized carbons (Fsp3) is 0.545. The summed E-state index contributed by atoms with van der Waals surface area (Å²) in [4.78, 5) is 46.4. The van der Waals surface area contributed by atoms with E-state index in [4.69, 9.17) is 41.8 Å². The van der Waals surface area contributed by atoms with Crippen LogP contribution in [0.3, 0.4) is 0 Å². The Hall–Kier alpha value is -2.85. The van der Waals surface area contributed by atoms with Gasteiger partial charge >= 0.3 is 6.72 Å². The van der Waals surface area contributed by atoms with Crippen LogP contribution >= 0.6 is 18.5 Å². The summed E-state index contributed by atoms with van der Waals surface area (Å²) in [5.74, 6) is -0.00606. The number of nitrogens with two attached hydrogens (primary N) is 2. The van der Waals surface area contributed by atoms with Crippen LogP contribution < -0.4 is 17.0 Å². The molecular formula is C22H26FN10O8PS2. The summed E-state index contributed by atoms with van der Waals surface area (Å²) in [6, 6.07) is 0. The van der Waals surface area contributed by atoms with Gasteiger partial charge in [0.05, 0.1) is 25.9 Å². The molecule has 0 aromatic carbocycles. The minimum absolute atomic E-state index is 0.0316.